The van der Waals surface area contributed by atoms with Gasteiger partial charge in [0.2, 0.25) is 5.91 Å². The lowest BCUT2D eigenvalue weighted by Gasteiger charge is -2.25. The predicted molar refractivity (Wildman–Crippen MR) is 83.8 cm³/mol. The fourth-order valence-corrected chi connectivity index (χ4v) is 2.31. The molecule has 1 amide bonds. The molecular formula is C15H21ClN2O3. The van der Waals surface area contributed by atoms with Gasteiger partial charge in [0.1, 0.15) is 6.04 Å². The Morgan fingerprint density at radius 1 is 1.33 bits per heavy atom. The molecule has 2 N–H and O–H groups in total. The fraction of sp³-hybridized carbons (Fsp3) is 0.467. The number of likely N-dealkylation sites (N-methyl/N-ethyl adjacent to an activating group) is 1. The number of amides is 1. The van der Waals surface area contributed by atoms with Crippen molar-refractivity contribution in [1.29, 1.82) is 0 Å². The molecule has 0 radical (unpaired) electrons. The van der Waals surface area contributed by atoms with E-state index in [0.29, 0.717) is 23.8 Å². The smallest absolute Gasteiger partial charge is 0.321 e. The van der Waals surface area contributed by atoms with Crippen LogP contribution in [0.3, 0.4) is 0 Å². The highest BCUT2D eigenvalue weighted by Gasteiger charge is 2.26. The SMILES string of the molecule is CCN(CC)C(CC(=O)Nc1cc(Cl)ccc1C)C(=O)O. The van der Waals surface area contributed by atoms with Crippen molar-refractivity contribution in [2.75, 3.05) is 18.4 Å². The van der Waals surface area contributed by atoms with Crippen LogP contribution in [0, 0.1) is 6.92 Å². The van der Waals surface area contributed by atoms with Gasteiger partial charge in [-0.3, -0.25) is 14.5 Å². The summed E-state index contributed by atoms with van der Waals surface area (Å²) in [6, 6.07) is 4.38. The van der Waals surface area contributed by atoms with E-state index in [1.165, 1.54) is 0 Å². The Bertz CT molecular complexity index is 516. The number of carboxylic acids is 1. The fourth-order valence-electron chi connectivity index (χ4n) is 2.14. The second kappa shape index (κ2) is 8.00. The van der Waals surface area contributed by atoms with Gasteiger partial charge in [-0.1, -0.05) is 31.5 Å². The summed E-state index contributed by atoms with van der Waals surface area (Å²) in [4.78, 5) is 25.2. The Morgan fingerprint density at radius 2 is 1.95 bits per heavy atom. The minimum atomic E-state index is -0.989. The van der Waals surface area contributed by atoms with Crippen LogP contribution in [0.15, 0.2) is 18.2 Å². The second-order valence-electron chi connectivity index (χ2n) is 4.79. The molecule has 1 atom stereocenters. The normalized spacial score (nSPS) is 12.2. The Balaban J connectivity index is 2.78. The molecule has 6 heteroatoms. The first-order valence-electron chi connectivity index (χ1n) is 6.91. The summed E-state index contributed by atoms with van der Waals surface area (Å²) in [6.07, 6.45) is -0.0943. The van der Waals surface area contributed by atoms with E-state index in [4.69, 9.17) is 11.6 Å². The molecule has 0 aliphatic rings. The van der Waals surface area contributed by atoms with E-state index in [2.05, 4.69) is 5.32 Å². The van der Waals surface area contributed by atoms with E-state index >= 15 is 0 Å². The molecule has 0 saturated heterocycles. The third-order valence-electron chi connectivity index (χ3n) is 3.39. The molecule has 5 nitrogen and oxygen atoms in total. The quantitative estimate of drug-likeness (QED) is 0.812. The maximum atomic E-state index is 12.1. The molecule has 1 rings (SSSR count). The van der Waals surface area contributed by atoms with Crippen molar-refractivity contribution in [3.05, 3.63) is 28.8 Å². The molecule has 0 saturated carbocycles. The minimum absolute atomic E-state index is 0.0943. The summed E-state index contributed by atoms with van der Waals surface area (Å²) in [5, 5.41) is 12.5. The first kappa shape index (κ1) is 17.5. The van der Waals surface area contributed by atoms with Crippen LogP contribution >= 0.6 is 11.6 Å². The largest absolute Gasteiger partial charge is 0.480 e. The molecule has 1 aromatic carbocycles. The van der Waals surface area contributed by atoms with Crippen LogP contribution in [0.25, 0.3) is 0 Å². The number of halogens is 1. The number of anilines is 1. The van der Waals surface area contributed by atoms with E-state index in [0.717, 1.165) is 5.56 Å². The molecule has 1 unspecified atom stereocenters. The van der Waals surface area contributed by atoms with Gasteiger partial charge < -0.3 is 10.4 Å². The van der Waals surface area contributed by atoms with Crippen LogP contribution in [0.2, 0.25) is 5.02 Å². The Labute approximate surface area is 129 Å². The lowest BCUT2D eigenvalue weighted by atomic mass is 10.1. The Morgan fingerprint density at radius 3 is 2.48 bits per heavy atom. The van der Waals surface area contributed by atoms with Crippen molar-refractivity contribution in [1.82, 2.24) is 4.90 Å². The van der Waals surface area contributed by atoms with Crippen LogP contribution in [0.4, 0.5) is 5.69 Å². The monoisotopic (exact) mass is 312 g/mol. The molecule has 116 valence electrons. The minimum Gasteiger partial charge on any atom is -0.480 e. The Kier molecular flexibility index (Phi) is 6.65. The van der Waals surface area contributed by atoms with Crippen LogP contribution in [0.1, 0.15) is 25.8 Å². The van der Waals surface area contributed by atoms with Gasteiger partial charge in [-0.15, -0.1) is 0 Å². The first-order chi connectivity index (χ1) is 9.88. The zero-order chi connectivity index (χ0) is 16.0. The van der Waals surface area contributed by atoms with Crippen molar-refractivity contribution in [3.63, 3.8) is 0 Å². The standard InChI is InChI=1S/C15H21ClN2O3/c1-4-18(5-2)13(15(20)21)9-14(19)17-12-8-11(16)7-6-10(12)3/h6-8,13H,4-5,9H2,1-3H3,(H,17,19)(H,20,21). The molecular weight excluding hydrogens is 292 g/mol. The van der Waals surface area contributed by atoms with Crippen LogP contribution in [-0.4, -0.2) is 41.0 Å². The highest BCUT2D eigenvalue weighted by molar-refractivity contribution is 6.31. The number of aliphatic carboxylic acids is 1. The van der Waals surface area contributed by atoms with Gasteiger partial charge in [0.15, 0.2) is 0 Å². The zero-order valence-electron chi connectivity index (χ0n) is 12.5. The summed E-state index contributed by atoms with van der Waals surface area (Å²) >= 11 is 5.90. The summed E-state index contributed by atoms with van der Waals surface area (Å²) < 4.78 is 0. The maximum absolute atomic E-state index is 12.1. The van der Waals surface area contributed by atoms with Gasteiger partial charge in [-0.05, 0) is 37.7 Å². The molecule has 0 spiro atoms. The van der Waals surface area contributed by atoms with Gasteiger partial charge in [-0.2, -0.15) is 0 Å². The summed E-state index contributed by atoms with van der Waals surface area (Å²) in [7, 11) is 0. The number of hydrogen-bond acceptors (Lipinski definition) is 3. The number of rotatable bonds is 7. The number of hydrogen-bond donors (Lipinski definition) is 2. The molecule has 1 aromatic rings. The predicted octanol–water partition coefficient (Wildman–Crippen LogP) is 2.77. The van der Waals surface area contributed by atoms with Crippen LogP contribution in [0.5, 0.6) is 0 Å². The van der Waals surface area contributed by atoms with Crippen molar-refractivity contribution < 1.29 is 14.7 Å². The molecule has 21 heavy (non-hydrogen) atoms. The molecule has 0 bridgehead atoms. The second-order valence-corrected chi connectivity index (χ2v) is 5.22. The molecule has 0 heterocycles. The lowest BCUT2D eigenvalue weighted by molar-refractivity contribution is -0.145. The van der Waals surface area contributed by atoms with E-state index in [1.807, 2.05) is 20.8 Å². The summed E-state index contributed by atoms with van der Waals surface area (Å²) in [5.74, 6) is -1.32. The molecule has 0 aliphatic heterocycles. The maximum Gasteiger partial charge on any atom is 0.321 e. The van der Waals surface area contributed by atoms with Gasteiger partial charge >= 0.3 is 5.97 Å². The van der Waals surface area contributed by atoms with E-state index in [-0.39, 0.29) is 12.3 Å². The summed E-state index contributed by atoms with van der Waals surface area (Å²) in [6.45, 7) is 6.76. The third-order valence-corrected chi connectivity index (χ3v) is 3.63. The lowest BCUT2D eigenvalue weighted by Crippen LogP contribution is -2.43. The number of nitrogens with zero attached hydrogens (tertiary/aromatic N) is 1. The van der Waals surface area contributed by atoms with Gasteiger partial charge in [-0.25, -0.2) is 0 Å². The number of benzene rings is 1. The highest BCUT2D eigenvalue weighted by atomic mass is 35.5. The van der Waals surface area contributed by atoms with Crippen LogP contribution < -0.4 is 5.32 Å². The first-order valence-corrected chi connectivity index (χ1v) is 7.29. The average molecular weight is 313 g/mol. The third kappa shape index (κ3) is 5.02. The molecule has 0 fully saturated rings. The Hall–Kier alpha value is -1.59. The molecule has 0 aromatic heterocycles. The van der Waals surface area contributed by atoms with Gasteiger partial charge in [0, 0.05) is 10.7 Å². The number of carbonyl (C=O) groups excluding carboxylic acids is 1. The van der Waals surface area contributed by atoms with Crippen molar-refractivity contribution in [3.8, 4) is 0 Å². The topological polar surface area (TPSA) is 69.6 Å². The summed E-state index contributed by atoms with van der Waals surface area (Å²) in [5.41, 5.74) is 1.48. The van der Waals surface area contributed by atoms with E-state index < -0.39 is 12.0 Å². The highest BCUT2D eigenvalue weighted by Crippen LogP contribution is 2.20. The zero-order valence-corrected chi connectivity index (χ0v) is 13.3. The number of nitrogens with one attached hydrogen (secondary N) is 1. The van der Waals surface area contributed by atoms with Gasteiger partial charge in [0.05, 0.1) is 6.42 Å². The molecule has 0 aliphatic carbocycles. The van der Waals surface area contributed by atoms with Crippen LogP contribution in [-0.2, 0) is 9.59 Å². The van der Waals surface area contributed by atoms with Gasteiger partial charge in [0.25, 0.3) is 0 Å². The van der Waals surface area contributed by atoms with Crippen molar-refractivity contribution in [2.45, 2.75) is 33.2 Å². The van der Waals surface area contributed by atoms with E-state index in [1.54, 1.807) is 23.1 Å². The number of aryl methyl sites for hydroxylation is 1. The number of carbonyl (C=O) groups is 2. The van der Waals surface area contributed by atoms with E-state index in [9.17, 15) is 14.7 Å². The van der Waals surface area contributed by atoms with Crippen molar-refractivity contribution in [2.24, 2.45) is 0 Å². The van der Waals surface area contributed by atoms with Crippen molar-refractivity contribution >= 4 is 29.2 Å². The number of carboxylic acid groups (broad SMARTS) is 1. The average Bonchev–Trinajstić information content (AvgIpc) is 2.43.